The highest BCUT2D eigenvalue weighted by molar-refractivity contribution is 6.30. The van der Waals surface area contributed by atoms with Crippen LogP contribution in [0.1, 0.15) is 18.4 Å². The molecular weight excluding hydrogens is 390 g/mol. The second kappa shape index (κ2) is 9.51. The lowest BCUT2D eigenvalue weighted by Gasteiger charge is -2.34. The van der Waals surface area contributed by atoms with Crippen LogP contribution < -0.4 is 11.1 Å². The Morgan fingerprint density at radius 2 is 1.78 bits per heavy atom. The Morgan fingerprint density at radius 1 is 1.15 bits per heavy atom. The van der Waals surface area contributed by atoms with Crippen molar-refractivity contribution in [3.63, 3.8) is 0 Å². The first-order valence-corrected chi connectivity index (χ1v) is 9.02. The highest BCUT2D eigenvalue weighted by atomic mass is 35.5. The molecular formula is C20H23Cl2FN2O2. The largest absolute Gasteiger partial charge is 0.381 e. The van der Waals surface area contributed by atoms with Gasteiger partial charge in [0.25, 0.3) is 0 Å². The summed E-state index contributed by atoms with van der Waals surface area (Å²) in [5.74, 6) is -0.490. The van der Waals surface area contributed by atoms with Gasteiger partial charge in [0.2, 0.25) is 5.91 Å². The van der Waals surface area contributed by atoms with Crippen molar-refractivity contribution in [2.45, 2.75) is 19.4 Å². The molecule has 0 unspecified atom stereocenters. The number of halogens is 3. The highest BCUT2D eigenvalue weighted by Gasteiger charge is 2.38. The van der Waals surface area contributed by atoms with E-state index in [0.717, 1.165) is 11.1 Å². The molecule has 0 atom stereocenters. The van der Waals surface area contributed by atoms with Crippen molar-refractivity contribution in [3.05, 3.63) is 58.9 Å². The number of hydrogen-bond donors (Lipinski definition) is 2. The van der Waals surface area contributed by atoms with Gasteiger partial charge < -0.3 is 15.8 Å². The van der Waals surface area contributed by atoms with Gasteiger partial charge in [0.15, 0.2) is 0 Å². The van der Waals surface area contributed by atoms with Gasteiger partial charge in [-0.15, -0.1) is 12.4 Å². The zero-order chi connectivity index (χ0) is 18.6. The fraction of sp³-hybridized carbons (Fsp3) is 0.350. The lowest BCUT2D eigenvalue weighted by atomic mass is 9.79. The van der Waals surface area contributed by atoms with Gasteiger partial charge in [-0.25, -0.2) is 4.39 Å². The second-order valence-corrected chi connectivity index (χ2v) is 7.03. The topological polar surface area (TPSA) is 64.4 Å². The van der Waals surface area contributed by atoms with Crippen LogP contribution in [0.15, 0.2) is 42.5 Å². The molecule has 3 N–H and O–H groups in total. The molecule has 2 aromatic rings. The minimum atomic E-state index is -0.613. The van der Waals surface area contributed by atoms with E-state index in [9.17, 15) is 9.18 Å². The first-order chi connectivity index (χ1) is 12.5. The second-order valence-electron chi connectivity index (χ2n) is 6.59. The lowest BCUT2D eigenvalue weighted by molar-refractivity contribution is -0.136. The van der Waals surface area contributed by atoms with Crippen molar-refractivity contribution in [1.82, 2.24) is 5.32 Å². The van der Waals surface area contributed by atoms with Crippen LogP contribution in [-0.4, -0.2) is 25.7 Å². The maximum absolute atomic E-state index is 14.5. The molecule has 0 radical (unpaired) electrons. The van der Waals surface area contributed by atoms with E-state index < -0.39 is 5.41 Å². The minimum Gasteiger partial charge on any atom is -0.381 e. The molecule has 146 valence electrons. The van der Waals surface area contributed by atoms with Gasteiger partial charge in [-0.3, -0.25) is 4.79 Å². The molecule has 7 heteroatoms. The summed E-state index contributed by atoms with van der Waals surface area (Å²) in [7, 11) is 0. The maximum atomic E-state index is 14.5. The van der Waals surface area contributed by atoms with Crippen LogP contribution in [0.25, 0.3) is 11.1 Å². The number of benzene rings is 2. The molecule has 2 aromatic carbocycles. The number of ether oxygens (including phenoxy) is 1. The number of hydrogen-bond acceptors (Lipinski definition) is 3. The van der Waals surface area contributed by atoms with E-state index in [2.05, 4.69) is 5.32 Å². The van der Waals surface area contributed by atoms with Crippen LogP contribution in [0.2, 0.25) is 5.02 Å². The van der Waals surface area contributed by atoms with Crippen LogP contribution >= 0.6 is 24.0 Å². The molecule has 0 aromatic heterocycles. The van der Waals surface area contributed by atoms with Crippen molar-refractivity contribution < 1.29 is 13.9 Å². The Hall–Kier alpha value is -1.66. The number of nitrogens with two attached hydrogens (primary N) is 1. The number of nitrogens with one attached hydrogen (secondary N) is 1. The Balaban J connectivity index is 0.00000261. The molecule has 1 aliphatic rings. The normalized spacial score (nSPS) is 15.7. The van der Waals surface area contributed by atoms with Gasteiger partial charge >= 0.3 is 0 Å². The number of amides is 1. The number of rotatable bonds is 5. The summed E-state index contributed by atoms with van der Waals surface area (Å²) in [5, 5.41) is 3.47. The average molecular weight is 413 g/mol. The SMILES string of the molecule is Cl.NCC1(C(=O)NCc2ccc(-c3ccc(Cl)cc3)cc2F)CCOCC1. The van der Waals surface area contributed by atoms with E-state index in [0.29, 0.717) is 36.6 Å². The standard InChI is InChI=1S/C20H22ClFN2O2.ClH/c21-17-5-3-14(4-6-17)15-1-2-16(18(22)11-15)12-24-19(25)20(13-23)7-9-26-10-8-20;/h1-6,11H,7-10,12-13,23H2,(H,24,25);1H. The van der Waals surface area contributed by atoms with Crippen LogP contribution in [0.4, 0.5) is 4.39 Å². The van der Waals surface area contributed by atoms with Gasteiger partial charge in [-0.05, 0) is 42.2 Å². The third kappa shape index (κ3) is 4.99. The molecule has 1 amide bonds. The van der Waals surface area contributed by atoms with Gasteiger partial charge in [0.1, 0.15) is 5.82 Å². The Kier molecular flexibility index (Phi) is 7.62. The van der Waals surface area contributed by atoms with Crippen molar-refractivity contribution in [2.24, 2.45) is 11.1 Å². The minimum absolute atomic E-state index is 0. The van der Waals surface area contributed by atoms with Crippen molar-refractivity contribution in [1.29, 1.82) is 0 Å². The highest BCUT2D eigenvalue weighted by Crippen LogP contribution is 2.30. The summed E-state index contributed by atoms with van der Waals surface area (Å²) in [6, 6.07) is 12.2. The smallest absolute Gasteiger partial charge is 0.227 e. The Labute approximate surface area is 169 Å². The fourth-order valence-electron chi connectivity index (χ4n) is 3.16. The molecule has 1 aliphatic heterocycles. The quantitative estimate of drug-likeness (QED) is 0.781. The monoisotopic (exact) mass is 412 g/mol. The van der Waals surface area contributed by atoms with Crippen molar-refractivity contribution in [3.8, 4) is 11.1 Å². The summed E-state index contributed by atoms with van der Waals surface area (Å²) >= 11 is 5.88. The third-order valence-corrected chi connectivity index (χ3v) is 5.24. The van der Waals surface area contributed by atoms with Gasteiger partial charge in [0.05, 0.1) is 5.41 Å². The van der Waals surface area contributed by atoms with Crippen LogP contribution in [0, 0.1) is 11.2 Å². The zero-order valence-electron chi connectivity index (χ0n) is 14.8. The summed E-state index contributed by atoms with van der Waals surface area (Å²) in [5.41, 5.74) is 7.30. The molecule has 1 saturated heterocycles. The van der Waals surface area contributed by atoms with E-state index in [4.69, 9.17) is 22.1 Å². The van der Waals surface area contributed by atoms with Crippen LogP contribution in [0.5, 0.6) is 0 Å². The van der Waals surface area contributed by atoms with Gasteiger partial charge in [-0.1, -0.05) is 35.9 Å². The molecule has 1 heterocycles. The predicted molar refractivity (Wildman–Crippen MR) is 107 cm³/mol. The fourth-order valence-corrected chi connectivity index (χ4v) is 3.29. The van der Waals surface area contributed by atoms with E-state index in [1.807, 2.05) is 18.2 Å². The molecule has 0 aliphatic carbocycles. The van der Waals surface area contributed by atoms with Crippen molar-refractivity contribution in [2.75, 3.05) is 19.8 Å². The van der Waals surface area contributed by atoms with E-state index in [-0.39, 0.29) is 37.2 Å². The summed E-state index contributed by atoms with van der Waals surface area (Å²) in [6.07, 6.45) is 1.18. The molecule has 0 bridgehead atoms. The average Bonchev–Trinajstić information content (AvgIpc) is 2.68. The van der Waals surface area contributed by atoms with E-state index in [1.54, 1.807) is 18.2 Å². The van der Waals surface area contributed by atoms with Crippen molar-refractivity contribution >= 4 is 29.9 Å². The Morgan fingerprint density at radius 3 is 2.37 bits per heavy atom. The molecule has 0 spiro atoms. The first kappa shape index (κ1) is 21.6. The summed E-state index contributed by atoms with van der Waals surface area (Å²) < 4.78 is 19.8. The third-order valence-electron chi connectivity index (χ3n) is 4.99. The summed E-state index contributed by atoms with van der Waals surface area (Å²) in [6.45, 7) is 1.44. The molecule has 27 heavy (non-hydrogen) atoms. The molecule has 4 nitrogen and oxygen atoms in total. The van der Waals surface area contributed by atoms with Crippen LogP contribution in [0.3, 0.4) is 0 Å². The molecule has 0 saturated carbocycles. The zero-order valence-corrected chi connectivity index (χ0v) is 16.4. The number of carbonyl (C=O) groups excluding carboxylic acids is 1. The lowest BCUT2D eigenvalue weighted by Crippen LogP contribution is -2.49. The summed E-state index contributed by atoms with van der Waals surface area (Å²) in [4.78, 5) is 12.6. The first-order valence-electron chi connectivity index (χ1n) is 8.64. The maximum Gasteiger partial charge on any atom is 0.227 e. The molecule has 3 rings (SSSR count). The number of carbonyl (C=O) groups is 1. The van der Waals surface area contributed by atoms with E-state index in [1.165, 1.54) is 6.07 Å². The van der Waals surface area contributed by atoms with E-state index >= 15 is 0 Å². The Bertz CT molecular complexity index is 778. The van der Waals surface area contributed by atoms with Crippen LogP contribution in [-0.2, 0) is 16.1 Å². The van der Waals surface area contributed by atoms with Gasteiger partial charge in [-0.2, -0.15) is 0 Å². The molecule has 1 fully saturated rings. The van der Waals surface area contributed by atoms with Gasteiger partial charge in [0, 0.05) is 36.9 Å². The predicted octanol–water partition coefficient (Wildman–Crippen LogP) is 3.94.